The number of hydrogen-bond donors (Lipinski definition) is 2. The smallest absolute Gasteiger partial charge is 0.245 e. The molecule has 0 aliphatic heterocycles. The number of aromatic nitrogens is 1. The van der Waals surface area contributed by atoms with E-state index in [4.69, 9.17) is 0 Å². The van der Waals surface area contributed by atoms with Gasteiger partial charge in [0.15, 0.2) is 0 Å². The van der Waals surface area contributed by atoms with Crippen LogP contribution in [0.4, 0.5) is 5.82 Å². The lowest BCUT2D eigenvalue weighted by Gasteiger charge is -2.17. The van der Waals surface area contributed by atoms with E-state index in [-0.39, 0.29) is 49.7 Å². The van der Waals surface area contributed by atoms with Gasteiger partial charge in [-0.15, -0.1) is 24.8 Å². The minimum Gasteiger partial charge on any atom is -0.335 e. The fraction of sp³-hybridized carbons (Fsp3) is 0.500. The quantitative estimate of drug-likeness (QED) is 0.698. The zero-order chi connectivity index (χ0) is 15.2. The highest BCUT2D eigenvalue weighted by Gasteiger charge is 2.21. The first-order chi connectivity index (χ1) is 10.0. The van der Waals surface area contributed by atoms with Gasteiger partial charge in [-0.3, -0.25) is 9.59 Å². The van der Waals surface area contributed by atoms with Crippen LogP contribution in [-0.4, -0.2) is 48.4 Å². The molecule has 0 spiro atoms. The summed E-state index contributed by atoms with van der Waals surface area (Å²) in [7, 11) is 1.62. The number of amides is 2. The van der Waals surface area contributed by atoms with Crippen LogP contribution < -0.4 is 10.6 Å². The lowest BCUT2D eigenvalue weighted by Crippen LogP contribution is -2.40. The average Bonchev–Trinajstić information content (AvgIpc) is 3.25. The molecule has 1 aromatic heterocycles. The summed E-state index contributed by atoms with van der Waals surface area (Å²) in [6.45, 7) is 1.17. The molecule has 1 aliphatic rings. The Morgan fingerprint density at radius 2 is 2.04 bits per heavy atom. The monoisotopic (exact) mass is 426 g/mol. The molecule has 1 fully saturated rings. The Morgan fingerprint density at radius 1 is 1.35 bits per heavy atom. The van der Waals surface area contributed by atoms with Crippen molar-refractivity contribution in [3.63, 3.8) is 0 Å². The summed E-state index contributed by atoms with van der Waals surface area (Å²) in [4.78, 5) is 29.1. The molecule has 1 aliphatic carbocycles. The molecule has 130 valence electrons. The summed E-state index contributed by atoms with van der Waals surface area (Å²) in [6.07, 6.45) is 4.10. The molecule has 0 bridgehead atoms. The van der Waals surface area contributed by atoms with Crippen LogP contribution in [0.15, 0.2) is 22.8 Å². The molecule has 1 aromatic rings. The van der Waals surface area contributed by atoms with E-state index in [0.29, 0.717) is 5.82 Å². The van der Waals surface area contributed by atoms with Crippen LogP contribution in [0.2, 0.25) is 0 Å². The van der Waals surface area contributed by atoms with Gasteiger partial charge in [0.1, 0.15) is 5.82 Å². The Kier molecular flexibility index (Phi) is 10.4. The zero-order valence-corrected chi connectivity index (χ0v) is 16.0. The van der Waals surface area contributed by atoms with Crippen LogP contribution in [0.1, 0.15) is 12.8 Å². The SMILES string of the molecule is CN(CC(=O)Nc1ccc(Br)cn1)C(=O)CNCC1CC1.Cl.Cl. The van der Waals surface area contributed by atoms with Gasteiger partial charge in [0.05, 0.1) is 13.1 Å². The molecule has 0 unspecified atom stereocenters. The van der Waals surface area contributed by atoms with E-state index in [0.717, 1.165) is 16.9 Å². The standard InChI is InChI=1S/C14H19BrN4O2.2ClH/c1-19(14(21)8-16-6-10-2-3-10)9-13(20)18-12-5-4-11(15)7-17-12;;/h4-5,7,10,16H,2-3,6,8-9H2,1H3,(H,17,18,20);2*1H. The lowest BCUT2D eigenvalue weighted by molar-refractivity contribution is -0.132. The largest absolute Gasteiger partial charge is 0.335 e. The molecular weight excluding hydrogens is 407 g/mol. The maximum Gasteiger partial charge on any atom is 0.245 e. The first-order valence-electron chi connectivity index (χ1n) is 6.90. The molecule has 0 radical (unpaired) electrons. The van der Waals surface area contributed by atoms with E-state index < -0.39 is 0 Å². The van der Waals surface area contributed by atoms with Crippen molar-refractivity contribution < 1.29 is 9.59 Å². The minimum atomic E-state index is -0.261. The van der Waals surface area contributed by atoms with Gasteiger partial charge in [-0.2, -0.15) is 0 Å². The van der Waals surface area contributed by atoms with Crippen molar-refractivity contribution in [3.8, 4) is 0 Å². The zero-order valence-electron chi connectivity index (χ0n) is 12.8. The number of carbonyl (C=O) groups excluding carboxylic acids is 2. The number of nitrogens with zero attached hydrogens (tertiary/aromatic N) is 2. The fourth-order valence-corrected chi connectivity index (χ4v) is 2.01. The van der Waals surface area contributed by atoms with Crippen molar-refractivity contribution in [2.75, 3.05) is 32.0 Å². The van der Waals surface area contributed by atoms with E-state index in [9.17, 15) is 9.59 Å². The molecule has 23 heavy (non-hydrogen) atoms. The third-order valence-electron chi connectivity index (χ3n) is 3.21. The Bertz CT molecular complexity index is 512. The van der Waals surface area contributed by atoms with Crippen molar-refractivity contribution in [2.45, 2.75) is 12.8 Å². The second-order valence-corrected chi connectivity index (χ2v) is 6.15. The van der Waals surface area contributed by atoms with Gasteiger partial charge in [0.25, 0.3) is 0 Å². The van der Waals surface area contributed by atoms with Crippen LogP contribution in [0.3, 0.4) is 0 Å². The van der Waals surface area contributed by atoms with Gasteiger partial charge in [-0.25, -0.2) is 4.98 Å². The second-order valence-electron chi connectivity index (χ2n) is 5.23. The van der Waals surface area contributed by atoms with Crippen molar-refractivity contribution in [1.82, 2.24) is 15.2 Å². The molecule has 1 saturated carbocycles. The van der Waals surface area contributed by atoms with Gasteiger partial charge >= 0.3 is 0 Å². The third kappa shape index (κ3) is 8.50. The first-order valence-corrected chi connectivity index (χ1v) is 7.70. The molecule has 6 nitrogen and oxygen atoms in total. The predicted octanol–water partition coefficient (Wildman–Crippen LogP) is 2.08. The summed E-state index contributed by atoms with van der Waals surface area (Å²) in [5.41, 5.74) is 0. The number of anilines is 1. The van der Waals surface area contributed by atoms with Gasteiger partial charge < -0.3 is 15.5 Å². The third-order valence-corrected chi connectivity index (χ3v) is 3.68. The number of nitrogens with one attached hydrogen (secondary N) is 2. The number of carbonyl (C=O) groups is 2. The molecule has 0 aromatic carbocycles. The van der Waals surface area contributed by atoms with E-state index in [2.05, 4.69) is 31.5 Å². The summed E-state index contributed by atoms with van der Waals surface area (Å²) < 4.78 is 0.842. The van der Waals surface area contributed by atoms with E-state index in [1.54, 1.807) is 25.4 Å². The average molecular weight is 428 g/mol. The number of likely N-dealkylation sites (N-methyl/N-ethyl adjacent to an activating group) is 1. The number of hydrogen-bond acceptors (Lipinski definition) is 4. The predicted molar refractivity (Wildman–Crippen MR) is 98.3 cm³/mol. The molecule has 2 amide bonds. The van der Waals surface area contributed by atoms with Crippen LogP contribution >= 0.6 is 40.7 Å². The summed E-state index contributed by atoms with van der Waals surface area (Å²) in [5, 5.41) is 5.77. The molecule has 2 rings (SSSR count). The van der Waals surface area contributed by atoms with Crippen LogP contribution in [0.25, 0.3) is 0 Å². The van der Waals surface area contributed by atoms with Crippen LogP contribution in [-0.2, 0) is 9.59 Å². The Labute approximate surface area is 156 Å². The van der Waals surface area contributed by atoms with E-state index in [1.165, 1.54) is 17.7 Å². The molecule has 0 atom stereocenters. The highest BCUT2D eigenvalue weighted by Crippen LogP contribution is 2.27. The van der Waals surface area contributed by atoms with Gasteiger partial charge in [0.2, 0.25) is 11.8 Å². The Morgan fingerprint density at radius 3 is 2.61 bits per heavy atom. The van der Waals surface area contributed by atoms with Crippen molar-refractivity contribution in [2.24, 2.45) is 5.92 Å². The molecule has 2 N–H and O–H groups in total. The van der Waals surface area contributed by atoms with Gasteiger partial charge in [-0.1, -0.05) is 0 Å². The van der Waals surface area contributed by atoms with Crippen LogP contribution in [0, 0.1) is 5.92 Å². The Hall–Kier alpha value is -0.890. The molecular formula is C14H21BrCl2N4O2. The van der Waals surface area contributed by atoms with Gasteiger partial charge in [0, 0.05) is 17.7 Å². The first kappa shape index (κ1) is 22.1. The highest BCUT2D eigenvalue weighted by atomic mass is 79.9. The number of rotatable bonds is 7. The van der Waals surface area contributed by atoms with E-state index in [1.807, 2.05) is 0 Å². The summed E-state index contributed by atoms with van der Waals surface area (Å²) in [6, 6.07) is 3.49. The normalized spacial score (nSPS) is 12.6. The highest BCUT2D eigenvalue weighted by molar-refractivity contribution is 9.10. The van der Waals surface area contributed by atoms with Gasteiger partial charge in [-0.05, 0) is 53.4 Å². The number of pyridine rings is 1. The Balaban J connectivity index is 0.00000242. The van der Waals surface area contributed by atoms with Crippen molar-refractivity contribution in [1.29, 1.82) is 0 Å². The summed E-state index contributed by atoms with van der Waals surface area (Å²) in [5.74, 6) is 0.850. The van der Waals surface area contributed by atoms with Crippen LogP contribution in [0.5, 0.6) is 0 Å². The van der Waals surface area contributed by atoms with E-state index >= 15 is 0 Å². The molecule has 1 heterocycles. The molecule has 0 saturated heterocycles. The topological polar surface area (TPSA) is 74.3 Å². The maximum atomic E-state index is 11.8. The second kappa shape index (κ2) is 10.8. The fourth-order valence-electron chi connectivity index (χ4n) is 1.78. The van der Waals surface area contributed by atoms with Crippen molar-refractivity contribution in [3.05, 3.63) is 22.8 Å². The lowest BCUT2D eigenvalue weighted by atomic mass is 10.4. The van der Waals surface area contributed by atoms with Crippen molar-refractivity contribution >= 4 is 58.4 Å². The minimum absolute atomic E-state index is 0. The molecule has 9 heteroatoms. The maximum absolute atomic E-state index is 11.8. The summed E-state index contributed by atoms with van der Waals surface area (Å²) >= 11 is 3.27. The number of halogens is 3.